The first kappa shape index (κ1) is 42.4. The van der Waals surface area contributed by atoms with E-state index in [1.54, 1.807) is 0 Å². The molecule has 18 atom stereocenters. The molecule has 0 aromatic rings. The number of rotatable bonds is 10. The summed E-state index contributed by atoms with van der Waals surface area (Å²) in [4.78, 5) is 26.4. The van der Waals surface area contributed by atoms with E-state index in [1.165, 1.54) is 5.57 Å². The first-order valence-corrected chi connectivity index (χ1v) is 21.4. The Hall–Kier alpha value is -1.68. The van der Waals surface area contributed by atoms with Gasteiger partial charge in [-0.25, -0.2) is 0 Å². The van der Waals surface area contributed by atoms with E-state index in [0.717, 1.165) is 6.42 Å². The average molecular weight is 792 g/mol. The van der Waals surface area contributed by atoms with Crippen LogP contribution >= 0.6 is 0 Å². The molecule has 1 amide bonds. The molecule has 13 nitrogen and oxygen atoms in total. The van der Waals surface area contributed by atoms with Crippen molar-refractivity contribution in [1.29, 1.82) is 0 Å². The SMILES string of the molecule is CC1(CO)CCC2(C(=O)O)CCC3(C)C(=CCC4C5(C)C(CC6CNC(=O)C6CCCO)C(O)C(OC6OCC(O)C(O)C6O)C(C)(CO)C5CCC43C)C2C1. The molecule has 2 heterocycles. The average Bonchev–Trinajstić information content (AvgIpc) is 3.52. The number of carboxylic acid groups (broad SMARTS) is 1. The summed E-state index contributed by atoms with van der Waals surface area (Å²) in [5.74, 6) is -2.15. The first-order chi connectivity index (χ1) is 26.3. The number of carbonyl (C=O) groups is 2. The number of hydrogen-bond donors (Lipinski definition) is 9. The second kappa shape index (κ2) is 14.8. The highest BCUT2D eigenvalue weighted by Gasteiger charge is 2.73. The van der Waals surface area contributed by atoms with Gasteiger partial charge in [0.25, 0.3) is 0 Å². The second-order valence-electron chi connectivity index (χ2n) is 20.6. The van der Waals surface area contributed by atoms with E-state index in [2.05, 4.69) is 39.1 Å². The fourth-order valence-corrected chi connectivity index (χ4v) is 14.5. The van der Waals surface area contributed by atoms with Crippen LogP contribution in [0.15, 0.2) is 11.6 Å². The van der Waals surface area contributed by atoms with E-state index < -0.39 is 64.9 Å². The van der Waals surface area contributed by atoms with Crippen molar-refractivity contribution in [3.8, 4) is 0 Å². The fourth-order valence-electron chi connectivity index (χ4n) is 14.5. The van der Waals surface area contributed by atoms with E-state index in [9.17, 15) is 50.4 Å². The van der Waals surface area contributed by atoms with Gasteiger partial charge in [-0.15, -0.1) is 0 Å². The molecule has 56 heavy (non-hydrogen) atoms. The summed E-state index contributed by atoms with van der Waals surface area (Å²) in [5.41, 5.74) is -2.39. The Morgan fingerprint density at radius 2 is 1.64 bits per heavy atom. The Kier molecular flexibility index (Phi) is 11.2. The Morgan fingerprint density at radius 1 is 0.929 bits per heavy atom. The molecule has 7 rings (SSSR count). The van der Waals surface area contributed by atoms with Crippen LogP contribution in [0.2, 0.25) is 0 Å². The Balaban J connectivity index is 1.33. The van der Waals surface area contributed by atoms with Gasteiger partial charge < -0.3 is 55.6 Å². The van der Waals surface area contributed by atoms with Crippen LogP contribution in [0.25, 0.3) is 0 Å². The van der Waals surface area contributed by atoms with Gasteiger partial charge in [0, 0.05) is 31.1 Å². The number of nitrogens with one attached hydrogen (secondary N) is 1. The summed E-state index contributed by atoms with van der Waals surface area (Å²) in [5, 5.41) is 90.2. The summed E-state index contributed by atoms with van der Waals surface area (Å²) in [6, 6.07) is 0. The zero-order chi connectivity index (χ0) is 40.8. The highest BCUT2D eigenvalue weighted by atomic mass is 16.7. The number of carboxylic acids is 1. The first-order valence-electron chi connectivity index (χ1n) is 21.4. The number of amides is 1. The molecule has 5 aliphatic carbocycles. The molecule has 4 saturated carbocycles. The number of carbonyl (C=O) groups excluding carboxylic acids is 1. The number of aliphatic hydroxyl groups is 7. The third-order valence-corrected chi connectivity index (χ3v) is 18.2. The van der Waals surface area contributed by atoms with Gasteiger partial charge in [0.1, 0.15) is 18.3 Å². The minimum Gasteiger partial charge on any atom is -0.481 e. The van der Waals surface area contributed by atoms with Gasteiger partial charge in [0.2, 0.25) is 5.91 Å². The molecule has 318 valence electrons. The van der Waals surface area contributed by atoms with E-state index >= 15 is 0 Å². The zero-order valence-electron chi connectivity index (χ0n) is 34.0. The molecule has 2 aliphatic heterocycles. The topological polar surface area (TPSA) is 226 Å². The number of aliphatic carboxylic acids is 1. The van der Waals surface area contributed by atoms with Gasteiger partial charge in [-0.2, -0.15) is 0 Å². The van der Waals surface area contributed by atoms with Crippen LogP contribution in [-0.2, 0) is 19.1 Å². The molecule has 7 aliphatic rings. The van der Waals surface area contributed by atoms with Crippen LogP contribution in [0.4, 0.5) is 0 Å². The normalized spacial score (nSPS) is 52.9. The van der Waals surface area contributed by atoms with Gasteiger partial charge in [0.05, 0.1) is 30.8 Å². The molecule has 0 aromatic heterocycles. The van der Waals surface area contributed by atoms with Crippen LogP contribution in [0.1, 0.15) is 105 Å². The second-order valence-corrected chi connectivity index (χ2v) is 20.6. The molecular weight excluding hydrogens is 722 g/mol. The molecule has 0 radical (unpaired) electrons. The van der Waals surface area contributed by atoms with Crippen LogP contribution in [0, 0.1) is 68.0 Å². The van der Waals surface area contributed by atoms with Crippen molar-refractivity contribution in [3.05, 3.63) is 11.6 Å². The summed E-state index contributed by atoms with van der Waals surface area (Å²) in [7, 11) is 0. The zero-order valence-corrected chi connectivity index (χ0v) is 34.0. The minimum absolute atomic E-state index is 0.00563. The molecule has 2 saturated heterocycles. The predicted molar refractivity (Wildman–Crippen MR) is 203 cm³/mol. The van der Waals surface area contributed by atoms with Crippen LogP contribution in [0.3, 0.4) is 0 Å². The fraction of sp³-hybridized carbons (Fsp3) is 0.907. The summed E-state index contributed by atoms with van der Waals surface area (Å²) in [6.07, 6.45) is 0.963. The van der Waals surface area contributed by atoms with Crippen LogP contribution in [-0.4, -0.2) is 123 Å². The van der Waals surface area contributed by atoms with Crippen molar-refractivity contribution in [2.24, 2.45) is 68.0 Å². The van der Waals surface area contributed by atoms with Crippen molar-refractivity contribution in [1.82, 2.24) is 5.32 Å². The largest absolute Gasteiger partial charge is 0.481 e. The monoisotopic (exact) mass is 791 g/mol. The number of ether oxygens (including phenoxy) is 2. The van der Waals surface area contributed by atoms with Gasteiger partial charge in [-0.3, -0.25) is 9.59 Å². The van der Waals surface area contributed by atoms with E-state index in [4.69, 9.17) is 9.47 Å². The quantitative estimate of drug-likeness (QED) is 0.115. The van der Waals surface area contributed by atoms with Gasteiger partial charge in [-0.1, -0.05) is 46.3 Å². The van der Waals surface area contributed by atoms with Gasteiger partial charge >= 0.3 is 5.97 Å². The van der Waals surface area contributed by atoms with E-state index in [1.807, 2.05) is 6.92 Å². The molecule has 0 aromatic carbocycles. The van der Waals surface area contributed by atoms with Crippen molar-refractivity contribution in [2.45, 2.75) is 142 Å². The highest BCUT2D eigenvalue weighted by Crippen LogP contribution is 2.77. The maximum atomic E-state index is 13.2. The number of fused-ring (bicyclic) bond motifs is 7. The number of aliphatic hydroxyl groups excluding tert-OH is 7. The minimum atomic E-state index is -1.59. The van der Waals surface area contributed by atoms with E-state index in [0.29, 0.717) is 70.8 Å². The maximum Gasteiger partial charge on any atom is 0.310 e. The molecule has 6 fully saturated rings. The molecule has 13 heteroatoms. The summed E-state index contributed by atoms with van der Waals surface area (Å²) < 4.78 is 12.2. The summed E-state index contributed by atoms with van der Waals surface area (Å²) >= 11 is 0. The third-order valence-electron chi connectivity index (χ3n) is 18.2. The van der Waals surface area contributed by atoms with E-state index in [-0.39, 0.29) is 78.2 Å². The Bertz CT molecular complexity index is 1540. The third kappa shape index (κ3) is 6.02. The number of hydrogen-bond acceptors (Lipinski definition) is 11. The lowest BCUT2D eigenvalue weighted by Gasteiger charge is -2.73. The van der Waals surface area contributed by atoms with Crippen molar-refractivity contribution < 1.29 is 59.9 Å². The molecule has 9 N–H and O–H groups in total. The maximum absolute atomic E-state index is 13.2. The molecular formula is C43H69NO12. The number of allylic oxidation sites excluding steroid dienone is 2. The van der Waals surface area contributed by atoms with Gasteiger partial charge in [0.15, 0.2) is 6.29 Å². The molecule has 18 unspecified atom stereocenters. The van der Waals surface area contributed by atoms with Crippen molar-refractivity contribution in [3.63, 3.8) is 0 Å². The smallest absolute Gasteiger partial charge is 0.310 e. The highest BCUT2D eigenvalue weighted by molar-refractivity contribution is 5.81. The predicted octanol–water partition coefficient (Wildman–Crippen LogP) is 2.36. The molecule has 0 bridgehead atoms. The molecule has 0 spiro atoms. The Labute approximate surface area is 331 Å². The lowest BCUT2D eigenvalue weighted by Crippen LogP contribution is -2.72. The van der Waals surface area contributed by atoms with Crippen LogP contribution in [0.5, 0.6) is 0 Å². The lowest BCUT2D eigenvalue weighted by molar-refractivity contribution is -0.340. The Morgan fingerprint density at radius 3 is 2.30 bits per heavy atom. The summed E-state index contributed by atoms with van der Waals surface area (Å²) in [6.45, 7) is 10.7. The standard InChI is InChI=1S/C43H69NO12/c1-38(21-46)12-14-43(37(53)54)15-13-40(3)25(27(43)18-38)8-9-30-41(40,4)11-10-29-39(2,22-47)34(56-36-33(51)32(50)28(48)20-55-36)31(49)26(42(29,30)5)17-23-19-44-35(52)24(23)7-6-16-45/h8,23-24,26-34,36,45-51H,6-7,9-22H2,1-5H3,(H,44,52)(H,53,54). The lowest BCUT2D eigenvalue weighted by atomic mass is 9.31. The van der Waals surface area contributed by atoms with Gasteiger partial charge in [-0.05, 0) is 122 Å². The van der Waals surface area contributed by atoms with Crippen molar-refractivity contribution in [2.75, 3.05) is 33.0 Å². The van der Waals surface area contributed by atoms with Crippen LogP contribution < -0.4 is 5.32 Å². The van der Waals surface area contributed by atoms with Crippen molar-refractivity contribution >= 4 is 11.9 Å².